The van der Waals surface area contributed by atoms with Crippen LogP contribution in [0.4, 0.5) is 4.39 Å². The van der Waals surface area contributed by atoms with Gasteiger partial charge in [0.05, 0.1) is 5.56 Å². The van der Waals surface area contributed by atoms with E-state index >= 15 is 0 Å². The van der Waals surface area contributed by atoms with Crippen molar-refractivity contribution in [2.24, 2.45) is 0 Å². The van der Waals surface area contributed by atoms with E-state index in [1.807, 2.05) is 0 Å². The molecule has 0 unspecified atom stereocenters. The lowest BCUT2D eigenvalue weighted by atomic mass is 9.98. The van der Waals surface area contributed by atoms with E-state index in [0.717, 1.165) is 25.9 Å². The highest BCUT2D eigenvalue weighted by Gasteiger charge is 2.21. The Balaban J connectivity index is 1.87. The Morgan fingerprint density at radius 1 is 1.22 bits per heavy atom. The summed E-state index contributed by atoms with van der Waals surface area (Å²) in [6.45, 7) is 1.93. The van der Waals surface area contributed by atoms with Gasteiger partial charge >= 0.3 is 0 Å². The zero-order chi connectivity index (χ0) is 12.4. The van der Waals surface area contributed by atoms with Gasteiger partial charge in [0.25, 0.3) is 5.89 Å². The Hall–Kier alpha value is -1.75. The van der Waals surface area contributed by atoms with E-state index in [9.17, 15) is 4.39 Å². The van der Waals surface area contributed by atoms with Crippen LogP contribution in [0.2, 0.25) is 0 Å². The third kappa shape index (κ3) is 2.13. The SMILES string of the molecule is Fc1ccccc1-c1nc(C2CCNCC2)no1. The lowest BCUT2D eigenvalue weighted by Crippen LogP contribution is -2.27. The summed E-state index contributed by atoms with van der Waals surface area (Å²) in [5.41, 5.74) is 0.366. The van der Waals surface area contributed by atoms with Crippen molar-refractivity contribution in [1.29, 1.82) is 0 Å². The van der Waals surface area contributed by atoms with Crippen molar-refractivity contribution in [2.45, 2.75) is 18.8 Å². The number of nitrogens with one attached hydrogen (secondary N) is 1. The highest BCUT2D eigenvalue weighted by atomic mass is 19.1. The number of piperidine rings is 1. The second-order valence-electron chi connectivity index (χ2n) is 4.46. The van der Waals surface area contributed by atoms with Crippen LogP contribution in [0.25, 0.3) is 11.5 Å². The van der Waals surface area contributed by atoms with Crippen LogP contribution in [0.3, 0.4) is 0 Å². The number of benzene rings is 1. The normalized spacial score (nSPS) is 16.9. The number of nitrogens with zero attached hydrogens (tertiary/aromatic N) is 2. The molecule has 1 fully saturated rings. The summed E-state index contributed by atoms with van der Waals surface area (Å²) in [5, 5.41) is 7.26. The summed E-state index contributed by atoms with van der Waals surface area (Å²) in [5.74, 6) is 0.935. The summed E-state index contributed by atoms with van der Waals surface area (Å²) in [6, 6.07) is 6.44. The topological polar surface area (TPSA) is 51.0 Å². The first-order valence-electron chi connectivity index (χ1n) is 6.14. The summed E-state index contributed by atoms with van der Waals surface area (Å²) in [7, 11) is 0. The molecule has 18 heavy (non-hydrogen) atoms. The standard InChI is InChI=1S/C13H14FN3O/c14-11-4-2-1-3-10(11)13-16-12(17-18-13)9-5-7-15-8-6-9/h1-4,9,15H,5-8H2. The molecule has 0 radical (unpaired) electrons. The van der Waals surface area contributed by atoms with E-state index < -0.39 is 0 Å². The first-order chi connectivity index (χ1) is 8.84. The van der Waals surface area contributed by atoms with Gasteiger partial charge in [-0.1, -0.05) is 17.3 Å². The number of rotatable bonds is 2. The predicted molar refractivity (Wildman–Crippen MR) is 64.5 cm³/mol. The molecule has 1 saturated heterocycles. The van der Waals surface area contributed by atoms with Gasteiger partial charge in [0.2, 0.25) is 0 Å². The van der Waals surface area contributed by atoms with Gasteiger partial charge in [0.1, 0.15) is 5.82 Å². The van der Waals surface area contributed by atoms with Gasteiger partial charge in [-0.05, 0) is 38.1 Å². The number of halogens is 1. The Kier molecular flexibility index (Phi) is 3.06. The second kappa shape index (κ2) is 4.86. The highest BCUT2D eigenvalue weighted by Crippen LogP contribution is 2.26. The molecule has 0 saturated carbocycles. The molecule has 5 heteroatoms. The largest absolute Gasteiger partial charge is 0.334 e. The maximum absolute atomic E-state index is 13.6. The Morgan fingerprint density at radius 3 is 2.78 bits per heavy atom. The fourth-order valence-electron chi connectivity index (χ4n) is 2.22. The second-order valence-corrected chi connectivity index (χ2v) is 4.46. The predicted octanol–water partition coefficient (Wildman–Crippen LogP) is 2.34. The van der Waals surface area contributed by atoms with E-state index in [1.54, 1.807) is 18.2 Å². The van der Waals surface area contributed by atoms with Crippen LogP contribution in [-0.2, 0) is 0 Å². The van der Waals surface area contributed by atoms with Crippen LogP contribution < -0.4 is 5.32 Å². The van der Waals surface area contributed by atoms with Gasteiger partial charge < -0.3 is 9.84 Å². The molecule has 4 nitrogen and oxygen atoms in total. The molecule has 3 rings (SSSR count). The zero-order valence-electron chi connectivity index (χ0n) is 9.90. The van der Waals surface area contributed by atoms with Crippen LogP contribution in [0, 0.1) is 5.82 Å². The first-order valence-corrected chi connectivity index (χ1v) is 6.14. The van der Waals surface area contributed by atoms with Crippen LogP contribution >= 0.6 is 0 Å². The number of aromatic nitrogens is 2. The van der Waals surface area contributed by atoms with Crippen molar-refractivity contribution in [1.82, 2.24) is 15.5 Å². The molecule has 1 aromatic heterocycles. The van der Waals surface area contributed by atoms with Gasteiger partial charge in [0.15, 0.2) is 5.82 Å². The van der Waals surface area contributed by atoms with Crippen LogP contribution in [-0.4, -0.2) is 23.2 Å². The lowest BCUT2D eigenvalue weighted by Gasteiger charge is -2.18. The average Bonchev–Trinajstić information content (AvgIpc) is 2.90. The molecule has 0 bridgehead atoms. The molecule has 0 aliphatic carbocycles. The van der Waals surface area contributed by atoms with E-state index in [2.05, 4.69) is 15.5 Å². The fraction of sp³-hybridized carbons (Fsp3) is 0.385. The molecule has 94 valence electrons. The van der Waals surface area contributed by atoms with E-state index in [1.165, 1.54) is 6.07 Å². The first kappa shape index (κ1) is 11.3. The summed E-state index contributed by atoms with van der Waals surface area (Å²) in [4.78, 5) is 4.32. The maximum atomic E-state index is 13.6. The van der Waals surface area contributed by atoms with Crippen molar-refractivity contribution >= 4 is 0 Å². The molecule has 1 aliphatic heterocycles. The smallest absolute Gasteiger partial charge is 0.260 e. The van der Waals surface area contributed by atoms with Crippen molar-refractivity contribution in [3.63, 3.8) is 0 Å². The van der Waals surface area contributed by atoms with Crippen molar-refractivity contribution in [3.05, 3.63) is 35.9 Å². The summed E-state index contributed by atoms with van der Waals surface area (Å²) in [6.07, 6.45) is 1.99. The summed E-state index contributed by atoms with van der Waals surface area (Å²) < 4.78 is 18.8. The van der Waals surface area contributed by atoms with Gasteiger partial charge in [-0.2, -0.15) is 4.98 Å². The summed E-state index contributed by atoms with van der Waals surface area (Å²) >= 11 is 0. The molecule has 0 amide bonds. The van der Waals surface area contributed by atoms with Crippen molar-refractivity contribution in [2.75, 3.05) is 13.1 Å². The minimum atomic E-state index is -0.335. The van der Waals surface area contributed by atoms with Gasteiger partial charge in [0, 0.05) is 5.92 Å². The van der Waals surface area contributed by atoms with Crippen LogP contribution in [0.5, 0.6) is 0 Å². The molecule has 2 heterocycles. The molecule has 1 N–H and O–H groups in total. The molecular weight excluding hydrogens is 233 g/mol. The van der Waals surface area contributed by atoms with Crippen LogP contribution in [0.15, 0.2) is 28.8 Å². The Bertz CT molecular complexity index is 535. The molecule has 0 atom stereocenters. The average molecular weight is 247 g/mol. The van der Waals surface area contributed by atoms with E-state index in [-0.39, 0.29) is 11.7 Å². The van der Waals surface area contributed by atoms with Crippen molar-refractivity contribution in [3.8, 4) is 11.5 Å². The van der Waals surface area contributed by atoms with Crippen molar-refractivity contribution < 1.29 is 8.91 Å². The quantitative estimate of drug-likeness (QED) is 0.885. The Morgan fingerprint density at radius 2 is 2.00 bits per heavy atom. The lowest BCUT2D eigenvalue weighted by molar-refractivity contribution is 0.391. The molecule has 1 aromatic carbocycles. The maximum Gasteiger partial charge on any atom is 0.260 e. The van der Waals surface area contributed by atoms with Gasteiger partial charge in [-0.15, -0.1) is 0 Å². The molecule has 2 aromatic rings. The fourth-order valence-corrected chi connectivity index (χ4v) is 2.22. The van der Waals surface area contributed by atoms with Crippen LogP contribution in [0.1, 0.15) is 24.6 Å². The minimum absolute atomic E-state index is 0.265. The van der Waals surface area contributed by atoms with Gasteiger partial charge in [-0.3, -0.25) is 0 Å². The molecule has 0 spiro atoms. The van der Waals surface area contributed by atoms with E-state index in [4.69, 9.17) is 4.52 Å². The zero-order valence-corrected chi connectivity index (χ0v) is 9.90. The highest BCUT2D eigenvalue weighted by molar-refractivity contribution is 5.53. The number of hydrogen-bond donors (Lipinski definition) is 1. The van der Waals surface area contributed by atoms with Gasteiger partial charge in [-0.25, -0.2) is 4.39 Å². The number of hydrogen-bond acceptors (Lipinski definition) is 4. The monoisotopic (exact) mass is 247 g/mol. The molecular formula is C13H14FN3O. The minimum Gasteiger partial charge on any atom is -0.334 e. The molecule has 1 aliphatic rings. The Labute approximate surface area is 104 Å². The third-order valence-corrected chi connectivity index (χ3v) is 3.25. The van der Waals surface area contributed by atoms with E-state index in [0.29, 0.717) is 17.3 Å². The third-order valence-electron chi connectivity index (χ3n) is 3.25.